The van der Waals surface area contributed by atoms with Crippen molar-refractivity contribution in [1.82, 2.24) is 15.5 Å². The van der Waals surface area contributed by atoms with E-state index in [4.69, 9.17) is 0 Å². The summed E-state index contributed by atoms with van der Waals surface area (Å²) in [6.45, 7) is 4.06. The number of nitrogens with zero attached hydrogens (tertiary/aromatic N) is 1. The molecule has 0 bridgehead atoms. The van der Waals surface area contributed by atoms with Gasteiger partial charge in [0.25, 0.3) is 0 Å². The van der Waals surface area contributed by atoms with Crippen LogP contribution in [0.5, 0.6) is 0 Å². The van der Waals surface area contributed by atoms with Crippen molar-refractivity contribution in [1.29, 1.82) is 0 Å². The zero-order valence-corrected chi connectivity index (χ0v) is 19.3. The first-order valence-electron chi connectivity index (χ1n) is 11.9. The highest BCUT2D eigenvalue weighted by Crippen LogP contribution is 2.20. The fraction of sp³-hybridized carbons (Fsp3) is 0.357. The topological polar surface area (TPSA) is 61.4 Å². The van der Waals surface area contributed by atoms with Crippen LogP contribution in [0.4, 0.5) is 0 Å². The van der Waals surface area contributed by atoms with E-state index in [1.54, 1.807) is 0 Å². The predicted octanol–water partition coefficient (Wildman–Crippen LogP) is 4.23. The van der Waals surface area contributed by atoms with E-state index in [-0.39, 0.29) is 23.9 Å². The van der Waals surface area contributed by atoms with Gasteiger partial charge in [0.15, 0.2) is 0 Å². The summed E-state index contributed by atoms with van der Waals surface area (Å²) in [6, 6.07) is 24.8. The minimum absolute atomic E-state index is 0.0384. The number of hydrogen-bond acceptors (Lipinski definition) is 3. The molecule has 3 aromatic carbocycles. The van der Waals surface area contributed by atoms with Gasteiger partial charge in [-0.05, 0) is 54.2 Å². The fourth-order valence-corrected chi connectivity index (χ4v) is 4.49. The van der Waals surface area contributed by atoms with Gasteiger partial charge in [-0.15, -0.1) is 0 Å². The number of hydrogen-bond donors (Lipinski definition) is 2. The van der Waals surface area contributed by atoms with E-state index in [1.807, 2.05) is 37.3 Å². The SMILES string of the molecule is C[C@@H](NC(=O)CN1CCC(NC(=O)CCc2ccccc2)CC1)c1ccc2ccccc2c1. The third-order valence-corrected chi connectivity index (χ3v) is 6.45. The Morgan fingerprint density at radius 1 is 0.909 bits per heavy atom. The number of aryl methyl sites for hydroxylation is 1. The third-order valence-electron chi connectivity index (χ3n) is 6.45. The predicted molar refractivity (Wildman–Crippen MR) is 133 cm³/mol. The van der Waals surface area contributed by atoms with Crippen molar-refractivity contribution in [3.8, 4) is 0 Å². The highest BCUT2D eigenvalue weighted by Gasteiger charge is 2.22. The highest BCUT2D eigenvalue weighted by molar-refractivity contribution is 5.83. The van der Waals surface area contributed by atoms with Crippen LogP contribution in [0.2, 0.25) is 0 Å². The normalized spacial score (nSPS) is 15.8. The number of benzene rings is 3. The molecule has 0 aromatic heterocycles. The molecular formula is C28H33N3O2. The Morgan fingerprint density at radius 3 is 2.36 bits per heavy atom. The maximum absolute atomic E-state index is 12.6. The molecule has 3 aromatic rings. The molecule has 1 atom stereocenters. The van der Waals surface area contributed by atoms with Crippen LogP contribution in [0.15, 0.2) is 72.8 Å². The second-order valence-electron chi connectivity index (χ2n) is 9.00. The quantitative estimate of drug-likeness (QED) is 0.548. The Balaban J connectivity index is 1.17. The van der Waals surface area contributed by atoms with E-state index in [0.29, 0.717) is 13.0 Å². The maximum Gasteiger partial charge on any atom is 0.234 e. The molecule has 0 saturated carbocycles. The number of fused-ring (bicyclic) bond motifs is 1. The molecule has 1 aliphatic rings. The zero-order valence-electron chi connectivity index (χ0n) is 19.3. The number of piperidine rings is 1. The minimum Gasteiger partial charge on any atom is -0.353 e. The molecule has 0 aliphatic carbocycles. The van der Waals surface area contributed by atoms with Gasteiger partial charge in [-0.1, -0.05) is 66.7 Å². The first-order valence-corrected chi connectivity index (χ1v) is 11.9. The summed E-state index contributed by atoms with van der Waals surface area (Å²) < 4.78 is 0. The van der Waals surface area contributed by atoms with Crippen LogP contribution in [0.3, 0.4) is 0 Å². The van der Waals surface area contributed by atoms with Crippen LogP contribution in [-0.2, 0) is 16.0 Å². The van der Waals surface area contributed by atoms with Crippen molar-refractivity contribution in [3.05, 3.63) is 83.9 Å². The van der Waals surface area contributed by atoms with E-state index < -0.39 is 0 Å². The number of rotatable bonds is 8. The lowest BCUT2D eigenvalue weighted by Crippen LogP contribution is -2.47. The Labute approximate surface area is 196 Å². The average Bonchev–Trinajstić information content (AvgIpc) is 2.84. The van der Waals surface area contributed by atoms with Crippen LogP contribution in [-0.4, -0.2) is 42.4 Å². The lowest BCUT2D eigenvalue weighted by atomic mass is 10.0. The highest BCUT2D eigenvalue weighted by atomic mass is 16.2. The monoisotopic (exact) mass is 443 g/mol. The molecule has 172 valence electrons. The summed E-state index contributed by atoms with van der Waals surface area (Å²) in [7, 11) is 0. The zero-order chi connectivity index (χ0) is 23.0. The number of nitrogens with one attached hydrogen (secondary N) is 2. The molecule has 2 N–H and O–H groups in total. The molecule has 1 heterocycles. The summed E-state index contributed by atoms with van der Waals surface area (Å²) in [6.07, 6.45) is 3.04. The summed E-state index contributed by atoms with van der Waals surface area (Å²) in [4.78, 5) is 27.1. The summed E-state index contributed by atoms with van der Waals surface area (Å²) >= 11 is 0. The van der Waals surface area contributed by atoms with Crippen molar-refractivity contribution >= 4 is 22.6 Å². The van der Waals surface area contributed by atoms with Gasteiger partial charge in [0.1, 0.15) is 0 Å². The van der Waals surface area contributed by atoms with Crippen molar-refractivity contribution in [2.24, 2.45) is 0 Å². The Morgan fingerprint density at radius 2 is 1.61 bits per heavy atom. The molecule has 5 heteroatoms. The molecule has 1 saturated heterocycles. The molecular weight excluding hydrogens is 410 g/mol. The van der Waals surface area contributed by atoms with Gasteiger partial charge < -0.3 is 10.6 Å². The molecule has 0 unspecified atom stereocenters. The second-order valence-corrected chi connectivity index (χ2v) is 9.00. The lowest BCUT2D eigenvalue weighted by Gasteiger charge is -2.32. The van der Waals surface area contributed by atoms with Crippen LogP contribution in [0.25, 0.3) is 10.8 Å². The van der Waals surface area contributed by atoms with Gasteiger partial charge in [0.05, 0.1) is 12.6 Å². The minimum atomic E-state index is -0.0384. The Bertz CT molecular complexity index is 1070. The first-order chi connectivity index (χ1) is 16.1. The Kier molecular flexibility index (Phi) is 7.74. The summed E-state index contributed by atoms with van der Waals surface area (Å²) in [5, 5.41) is 8.69. The van der Waals surface area contributed by atoms with Gasteiger partial charge in [-0.2, -0.15) is 0 Å². The summed E-state index contributed by atoms with van der Waals surface area (Å²) in [5.41, 5.74) is 2.30. The van der Waals surface area contributed by atoms with Gasteiger partial charge in [-0.3, -0.25) is 14.5 Å². The van der Waals surface area contributed by atoms with E-state index in [2.05, 4.69) is 58.0 Å². The largest absolute Gasteiger partial charge is 0.353 e. The molecule has 4 rings (SSSR count). The van der Waals surface area contributed by atoms with E-state index >= 15 is 0 Å². The molecule has 2 amide bonds. The smallest absolute Gasteiger partial charge is 0.234 e. The van der Waals surface area contributed by atoms with Gasteiger partial charge in [0.2, 0.25) is 11.8 Å². The molecule has 0 radical (unpaired) electrons. The second kappa shape index (κ2) is 11.1. The lowest BCUT2D eigenvalue weighted by molar-refractivity contribution is -0.124. The number of amides is 2. The van der Waals surface area contributed by atoms with E-state index in [0.717, 1.165) is 37.9 Å². The number of carbonyl (C=O) groups excluding carboxylic acids is 2. The van der Waals surface area contributed by atoms with Gasteiger partial charge >= 0.3 is 0 Å². The molecule has 1 aliphatic heterocycles. The third kappa shape index (κ3) is 6.65. The van der Waals surface area contributed by atoms with Crippen molar-refractivity contribution in [3.63, 3.8) is 0 Å². The van der Waals surface area contributed by atoms with Crippen LogP contribution in [0.1, 0.15) is 43.4 Å². The van der Waals surface area contributed by atoms with E-state index in [1.165, 1.54) is 16.3 Å². The Hall–Kier alpha value is -3.18. The standard InChI is InChI=1S/C28H33N3O2/c1-21(24-13-12-23-9-5-6-10-25(23)19-24)29-28(33)20-31-17-15-26(16-18-31)30-27(32)14-11-22-7-3-2-4-8-22/h2-10,12-13,19,21,26H,11,14-18,20H2,1H3,(H,29,33)(H,30,32)/t21-/m1/s1. The van der Waals surface area contributed by atoms with E-state index in [9.17, 15) is 9.59 Å². The first kappa shape index (κ1) is 23.0. The van der Waals surface area contributed by atoms with Crippen molar-refractivity contribution in [2.75, 3.05) is 19.6 Å². The van der Waals surface area contributed by atoms with Crippen molar-refractivity contribution < 1.29 is 9.59 Å². The van der Waals surface area contributed by atoms with Gasteiger partial charge in [0, 0.05) is 25.6 Å². The van der Waals surface area contributed by atoms with Crippen LogP contribution in [0, 0.1) is 0 Å². The maximum atomic E-state index is 12.6. The molecule has 0 spiro atoms. The molecule has 1 fully saturated rings. The molecule has 33 heavy (non-hydrogen) atoms. The van der Waals surface area contributed by atoms with Gasteiger partial charge in [-0.25, -0.2) is 0 Å². The number of likely N-dealkylation sites (tertiary alicyclic amines) is 1. The fourth-order valence-electron chi connectivity index (χ4n) is 4.49. The van der Waals surface area contributed by atoms with Crippen molar-refractivity contribution in [2.45, 2.75) is 44.7 Å². The van der Waals surface area contributed by atoms with Crippen LogP contribution >= 0.6 is 0 Å². The average molecular weight is 444 g/mol. The summed E-state index contributed by atoms with van der Waals surface area (Å²) in [5.74, 6) is 0.153. The molecule has 5 nitrogen and oxygen atoms in total. The number of carbonyl (C=O) groups is 2. The van der Waals surface area contributed by atoms with Crippen LogP contribution < -0.4 is 10.6 Å².